The number of amides is 1. The van der Waals surface area contributed by atoms with Gasteiger partial charge in [0, 0.05) is 28.9 Å². The highest BCUT2D eigenvalue weighted by molar-refractivity contribution is 7.90. The smallest absolute Gasteiger partial charge is 0.285 e. The van der Waals surface area contributed by atoms with E-state index in [1.807, 2.05) is 0 Å². The number of anilines is 1. The van der Waals surface area contributed by atoms with Crippen molar-refractivity contribution < 1.29 is 18.1 Å². The van der Waals surface area contributed by atoms with Gasteiger partial charge in [-0.25, -0.2) is 0 Å². The number of rotatable bonds is 5. The Balaban J connectivity index is 1.46. The quantitative estimate of drug-likeness (QED) is 0.451. The Labute approximate surface area is 184 Å². The lowest BCUT2D eigenvalue weighted by Gasteiger charge is -2.14. The number of nitro groups is 1. The van der Waals surface area contributed by atoms with E-state index in [2.05, 4.69) is 15.0 Å². The molecule has 9 nitrogen and oxygen atoms in total. The second-order valence-electron chi connectivity index (χ2n) is 7.16. The third kappa shape index (κ3) is 4.21. The molecule has 4 rings (SSSR count). The second kappa shape index (κ2) is 8.23. The van der Waals surface area contributed by atoms with Gasteiger partial charge < -0.3 is 10.6 Å². The average molecular weight is 450 g/mol. The first-order chi connectivity index (χ1) is 15.2. The molecule has 1 aliphatic rings. The number of carbonyl (C=O) groups excluding carboxylic acids is 1. The Morgan fingerprint density at radius 2 is 1.75 bits per heavy atom. The van der Waals surface area contributed by atoms with Crippen LogP contribution < -0.4 is 10.6 Å². The van der Waals surface area contributed by atoms with Gasteiger partial charge >= 0.3 is 0 Å². The fraction of sp³-hybridized carbons (Fsp3) is 0.0909. The molecule has 1 amide bonds. The normalized spacial score (nSPS) is 14.7. The van der Waals surface area contributed by atoms with Crippen LogP contribution in [0.1, 0.15) is 34.5 Å². The zero-order valence-electron chi connectivity index (χ0n) is 16.8. The molecule has 0 fully saturated rings. The van der Waals surface area contributed by atoms with Gasteiger partial charge in [0.15, 0.2) is 5.84 Å². The predicted molar refractivity (Wildman–Crippen MR) is 119 cm³/mol. The van der Waals surface area contributed by atoms with Gasteiger partial charge in [-0.2, -0.15) is 8.42 Å². The molecule has 0 aromatic heterocycles. The molecule has 0 radical (unpaired) electrons. The van der Waals surface area contributed by atoms with Gasteiger partial charge in [-0.15, -0.1) is 4.40 Å². The SMILES string of the molecule is CC(NC(=O)c1ccc(NC2=NS(=O)(=O)c3ccccc32)cc1)c1cccc([N+](=O)[O-])c1. The summed E-state index contributed by atoms with van der Waals surface area (Å²) in [5, 5.41) is 16.7. The molecule has 0 bridgehead atoms. The molecule has 2 N–H and O–H groups in total. The molecule has 162 valence electrons. The molecule has 32 heavy (non-hydrogen) atoms. The number of non-ortho nitro benzene ring substituents is 1. The summed E-state index contributed by atoms with van der Waals surface area (Å²) in [5.41, 5.74) is 2.01. The molecule has 1 aliphatic heterocycles. The molecule has 3 aromatic rings. The molecular formula is C22H18N4O5S. The predicted octanol–water partition coefficient (Wildman–Crippen LogP) is 3.65. The maximum Gasteiger partial charge on any atom is 0.285 e. The molecule has 1 unspecified atom stereocenters. The van der Waals surface area contributed by atoms with Crippen molar-refractivity contribution in [2.75, 3.05) is 5.32 Å². The number of nitrogens with one attached hydrogen (secondary N) is 2. The summed E-state index contributed by atoms with van der Waals surface area (Å²) in [5.74, 6) is -0.126. The number of fused-ring (bicyclic) bond motifs is 1. The van der Waals surface area contributed by atoms with Gasteiger partial charge in [0.1, 0.15) is 4.90 Å². The molecule has 10 heteroatoms. The minimum atomic E-state index is -3.73. The summed E-state index contributed by atoms with van der Waals surface area (Å²) >= 11 is 0. The van der Waals surface area contributed by atoms with Crippen molar-refractivity contribution in [3.8, 4) is 0 Å². The maximum atomic E-state index is 12.6. The van der Waals surface area contributed by atoms with E-state index in [-0.39, 0.29) is 22.3 Å². The van der Waals surface area contributed by atoms with E-state index in [0.717, 1.165) is 0 Å². The van der Waals surface area contributed by atoms with Crippen LogP contribution in [0.4, 0.5) is 11.4 Å². The lowest BCUT2D eigenvalue weighted by atomic mass is 10.1. The van der Waals surface area contributed by atoms with Crippen LogP contribution >= 0.6 is 0 Å². The van der Waals surface area contributed by atoms with Crippen molar-refractivity contribution in [3.63, 3.8) is 0 Å². The van der Waals surface area contributed by atoms with Crippen molar-refractivity contribution in [2.45, 2.75) is 17.9 Å². The van der Waals surface area contributed by atoms with Gasteiger partial charge in [-0.1, -0.05) is 24.3 Å². The van der Waals surface area contributed by atoms with Crippen LogP contribution in [0.5, 0.6) is 0 Å². The van der Waals surface area contributed by atoms with Crippen LogP contribution in [-0.4, -0.2) is 25.1 Å². The average Bonchev–Trinajstić information content (AvgIpc) is 3.04. The monoisotopic (exact) mass is 450 g/mol. The largest absolute Gasteiger partial charge is 0.346 e. The van der Waals surface area contributed by atoms with Crippen molar-refractivity contribution in [2.24, 2.45) is 4.40 Å². The number of nitro benzene ring substituents is 1. The number of hydrogen-bond acceptors (Lipinski definition) is 6. The van der Waals surface area contributed by atoms with Crippen molar-refractivity contribution in [3.05, 3.63) is 99.6 Å². The lowest BCUT2D eigenvalue weighted by Crippen LogP contribution is -2.26. The zero-order chi connectivity index (χ0) is 22.9. The Kier molecular flexibility index (Phi) is 5.45. The van der Waals surface area contributed by atoms with Crippen molar-refractivity contribution in [1.29, 1.82) is 0 Å². The first-order valence-electron chi connectivity index (χ1n) is 9.61. The standard InChI is InChI=1S/C22H18N4O5S/c1-14(16-5-4-6-18(13-16)26(28)29)23-22(27)15-9-11-17(12-10-15)24-21-19-7-2-3-8-20(19)32(30,31)25-21/h2-14H,1H3,(H,23,27)(H,24,25). The molecule has 3 aromatic carbocycles. The Morgan fingerprint density at radius 1 is 1.03 bits per heavy atom. The molecule has 0 spiro atoms. The number of benzene rings is 3. The van der Waals surface area contributed by atoms with Crippen molar-refractivity contribution in [1.82, 2.24) is 5.32 Å². The molecule has 0 aliphatic carbocycles. The number of nitrogens with zero attached hydrogens (tertiary/aromatic N) is 2. The van der Waals surface area contributed by atoms with Crippen LogP contribution in [-0.2, 0) is 10.0 Å². The summed E-state index contributed by atoms with van der Waals surface area (Å²) in [6.45, 7) is 1.74. The third-order valence-corrected chi connectivity index (χ3v) is 6.30. The highest BCUT2D eigenvalue weighted by Crippen LogP contribution is 2.27. The topological polar surface area (TPSA) is 131 Å². The van der Waals surface area contributed by atoms with Crippen LogP contribution in [0.3, 0.4) is 0 Å². The van der Waals surface area contributed by atoms with Crippen molar-refractivity contribution >= 4 is 33.1 Å². The Bertz CT molecular complexity index is 1350. The molecule has 0 saturated heterocycles. The van der Waals surface area contributed by atoms with E-state index in [4.69, 9.17) is 0 Å². The highest BCUT2D eigenvalue weighted by atomic mass is 32.2. The number of hydrogen-bond donors (Lipinski definition) is 2. The van der Waals surface area contributed by atoms with E-state index >= 15 is 0 Å². The summed E-state index contributed by atoms with van der Waals surface area (Å²) in [6, 6.07) is 18.7. The minimum absolute atomic E-state index is 0.0440. The number of sulfonamides is 1. The third-order valence-electron chi connectivity index (χ3n) is 4.97. The molecule has 1 atom stereocenters. The van der Waals surface area contributed by atoms with E-state index in [9.17, 15) is 23.3 Å². The van der Waals surface area contributed by atoms with Crippen LogP contribution in [0.25, 0.3) is 0 Å². The molecule has 0 saturated carbocycles. The summed E-state index contributed by atoms with van der Waals surface area (Å²) in [6.07, 6.45) is 0. The van der Waals surface area contributed by atoms with Gasteiger partial charge in [0.2, 0.25) is 0 Å². The lowest BCUT2D eigenvalue weighted by molar-refractivity contribution is -0.384. The van der Waals surface area contributed by atoms with Gasteiger partial charge in [0.05, 0.1) is 11.0 Å². The summed E-state index contributed by atoms with van der Waals surface area (Å²) in [4.78, 5) is 23.2. The van der Waals surface area contributed by atoms with Crippen LogP contribution in [0.15, 0.2) is 82.1 Å². The molecular weight excluding hydrogens is 432 g/mol. The second-order valence-corrected chi connectivity index (χ2v) is 8.73. The first-order valence-corrected chi connectivity index (χ1v) is 11.1. The van der Waals surface area contributed by atoms with E-state index < -0.39 is 21.0 Å². The first kappa shape index (κ1) is 21.2. The Morgan fingerprint density at radius 3 is 2.47 bits per heavy atom. The van der Waals surface area contributed by atoms with E-state index in [0.29, 0.717) is 22.4 Å². The van der Waals surface area contributed by atoms with Crippen LogP contribution in [0.2, 0.25) is 0 Å². The number of amidine groups is 1. The molecule has 1 heterocycles. The fourth-order valence-electron chi connectivity index (χ4n) is 3.31. The Hall–Kier alpha value is -4.05. The number of carbonyl (C=O) groups is 1. The highest BCUT2D eigenvalue weighted by Gasteiger charge is 2.28. The van der Waals surface area contributed by atoms with Gasteiger partial charge in [-0.05, 0) is 48.9 Å². The van der Waals surface area contributed by atoms with Crippen LogP contribution in [0, 0.1) is 10.1 Å². The fourth-order valence-corrected chi connectivity index (χ4v) is 4.48. The van der Waals surface area contributed by atoms with E-state index in [1.54, 1.807) is 61.5 Å². The van der Waals surface area contributed by atoms with E-state index in [1.165, 1.54) is 18.2 Å². The van der Waals surface area contributed by atoms with Gasteiger partial charge in [-0.3, -0.25) is 14.9 Å². The summed E-state index contributed by atoms with van der Waals surface area (Å²) in [7, 11) is -3.73. The summed E-state index contributed by atoms with van der Waals surface area (Å²) < 4.78 is 28.1. The minimum Gasteiger partial charge on any atom is -0.346 e. The van der Waals surface area contributed by atoms with Gasteiger partial charge in [0.25, 0.3) is 21.6 Å². The zero-order valence-corrected chi connectivity index (χ0v) is 17.7. The maximum absolute atomic E-state index is 12.6.